The fraction of sp³-hybridized carbons (Fsp3) is 0.179. The van der Waals surface area contributed by atoms with Gasteiger partial charge in [0.1, 0.15) is 17.3 Å². The van der Waals surface area contributed by atoms with Gasteiger partial charge in [-0.1, -0.05) is 36.5 Å². The van der Waals surface area contributed by atoms with Gasteiger partial charge in [0.05, 0.1) is 28.4 Å². The van der Waals surface area contributed by atoms with E-state index in [1.165, 1.54) is 40.5 Å². The van der Waals surface area contributed by atoms with E-state index < -0.39 is 23.5 Å². The number of carbonyl (C=O) groups is 2. The zero-order valence-electron chi connectivity index (χ0n) is 19.7. The number of aryl methyl sites for hydroxylation is 1. The number of hydrogen-bond acceptors (Lipinski definition) is 6. The number of nitrogens with zero attached hydrogens (tertiary/aromatic N) is 2. The molecular formula is C28H23FN2O4S. The lowest BCUT2D eigenvalue weighted by Crippen LogP contribution is -2.29. The number of anilines is 1. The second-order valence-electron chi connectivity index (χ2n) is 8.56. The predicted octanol–water partition coefficient (Wildman–Crippen LogP) is 6.16. The Morgan fingerprint density at radius 1 is 1.11 bits per heavy atom. The average Bonchev–Trinajstić information content (AvgIpc) is 3.40. The predicted molar refractivity (Wildman–Crippen MR) is 138 cm³/mol. The second kappa shape index (κ2) is 9.54. The highest BCUT2D eigenvalue weighted by Crippen LogP contribution is 2.44. The minimum Gasteiger partial charge on any atom is -0.507 e. The third-order valence-electron chi connectivity index (χ3n) is 5.95. The SMILES string of the molecule is CCCOc1cccc([C@@H]2/C(=C(\O)c3ccc(F)cc3)C(=O)C(=O)N2c2nc3ccc(C)cc3s2)c1. The summed E-state index contributed by atoms with van der Waals surface area (Å²) < 4.78 is 20.2. The summed E-state index contributed by atoms with van der Waals surface area (Å²) in [6, 6.07) is 17.1. The van der Waals surface area contributed by atoms with Crippen LogP contribution in [0.15, 0.2) is 72.3 Å². The fourth-order valence-electron chi connectivity index (χ4n) is 4.23. The first-order chi connectivity index (χ1) is 17.4. The molecule has 0 radical (unpaired) electrons. The number of thiazole rings is 1. The largest absolute Gasteiger partial charge is 0.507 e. The molecule has 4 aromatic rings. The molecule has 0 saturated carbocycles. The molecule has 1 fully saturated rings. The van der Waals surface area contributed by atoms with E-state index in [1.807, 2.05) is 32.0 Å². The molecule has 8 heteroatoms. The number of fused-ring (bicyclic) bond motifs is 1. The summed E-state index contributed by atoms with van der Waals surface area (Å²) in [5, 5.41) is 11.5. The molecule has 36 heavy (non-hydrogen) atoms. The van der Waals surface area contributed by atoms with E-state index >= 15 is 0 Å². The molecule has 1 aromatic heterocycles. The number of ketones is 1. The quantitative estimate of drug-likeness (QED) is 0.194. The Kier molecular flexibility index (Phi) is 6.28. The third kappa shape index (κ3) is 4.24. The van der Waals surface area contributed by atoms with E-state index in [9.17, 15) is 19.1 Å². The standard InChI is InChI=1S/C28H23FN2O4S/c1-3-13-35-20-6-4-5-18(15-20)24-23(25(32)17-8-10-19(29)11-9-17)26(33)27(34)31(24)28-30-21-12-7-16(2)14-22(21)36-28/h4-12,14-15,24,32H,3,13H2,1-2H3/b25-23+/t24-/m1/s1. The summed E-state index contributed by atoms with van der Waals surface area (Å²) in [7, 11) is 0. The van der Waals surface area contributed by atoms with Crippen LogP contribution in [0.1, 0.15) is 36.1 Å². The molecule has 1 N–H and O–H groups in total. The van der Waals surface area contributed by atoms with Gasteiger partial charge in [-0.2, -0.15) is 0 Å². The Bertz CT molecular complexity index is 1510. The van der Waals surface area contributed by atoms with Crippen LogP contribution in [0.3, 0.4) is 0 Å². The summed E-state index contributed by atoms with van der Waals surface area (Å²) in [4.78, 5) is 32.7. The Balaban J connectivity index is 1.70. The van der Waals surface area contributed by atoms with E-state index in [0.717, 1.165) is 16.7 Å². The van der Waals surface area contributed by atoms with Crippen molar-refractivity contribution in [3.8, 4) is 5.75 Å². The molecule has 1 atom stereocenters. The molecule has 1 aliphatic rings. The van der Waals surface area contributed by atoms with Gasteiger partial charge in [-0.3, -0.25) is 14.5 Å². The van der Waals surface area contributed by atoms with Gasteiger partial charge in [0.15, 0.2) is 5.13 Å². The van der Waals surface area contributed by atoms with E-state index in [2.05, 4.69) is 4.98 Å². The van der Waals surface area contributed by atoms with Crippen LogP contribution in [0.4, 0.5) is 9.52 Å². The van der Waals surface area contributed by atoms with Gasteiger partial charge < -0.3 is 9.84 Å². The van der Waals surface area contributed by atoms with E-state index in [1.54, 1.807) is 24.3 Å². The Labute approximate surface area is 211 Å². The van der Waals surface area contributed by atoms with Gasteiger partial charge in [0, 0.05) is 5.56 Å². The molecule has 0 aliphatic carbocycles. The molecule has 3 aromatic carbocycles. The lowest BCUT2D eigenvalue weighted by molar-refractivity contribution is -0.132. The van der Waals surface area contributed by atoms with Crippen molar-refractivity contribution in [3.63, 3.8) is 0 Å². The van der Waals surface area contributed by atoms with Crippen LogP contribution >= 0.6 is 11.3 Å². The van der Waals surface area contributed by atoms with Crippen LogP contribution < -0.4 is 9.64 Å². The zero-order chi connectivity index (χ0) is 25.4. The Morgan fingerprint density at radius 2 is 1.89 bits per heavy atom. The van der Waals surface area contributed by atoms with Gasteiger partial charge in [0.25, 0.3) is 5.78 Å². The van der Waals surface area contributed by atoms with Gasteiger partial charge in [-0.25, -0.2) is 9.37 Å². The third-order valence-corrected chi connectivity index (χ3v) is 6.96. The van der Waals surface area contributed by atoms with Crippen LogP contribution in [0, 0.1) is 12.7 Å². The molecule has 0 unspecified atom stereocenters. The maximum absolute atomic E-state index is 13.5. The van der Waals surface area contributed by atoms with Crippen molar-refractivity contribution >= 4 is 44.1 Å². The first kappa shape index (κ1) is 23.7. The molecule has 182 valence electrons. The monoisotopic (exact) mass is 502 g/mol. The lowest BCUT2D eigenvalue weighted by Gasteiger charge is -2.23. The zero-order valence-corrected chi connectivity index (χ0v) is 20.5. The van der Waals surface area contributed by atoms with Crippen LogP contribution in [-0.4, -0.2) is 28.4 Å². The van der Waals surface area contributed by atoms with Gasteiger partial charge in [-0.05, 0) is 73.0 Å². The number of ether oxygens (including phenoxy) is 1. The van der Waals surface area contributed by atoms with Crippen molar-refractivity contribution in [2.75, 3.05) is 11.5 Å². The molecule has 1 saturated heterocycles. The number of hydrogen-bond donors (Lipinski definition) is 1. The summed E-state index contributed by atoms with van der Waals surface area (Å²) in [5.74, 6) is -1.90. The molecule has 0 spiro atoms. The molecule has 1 amide bonds. The van der Waals surface area contributed by atoms with Crippen molar-refractivity contribution in [1.82, 2.24) is 4.98 Å². The Morgan fingerprint density at radius 3 is 2.64 bits per heavy atom. The van der Waals surface area contributed by atoms with Crippen molar-refractivity contribution in [2.45, 2.75) is 26.3 Å². The highest BCUT2D eigenvalue weighted by Gasteiger charge is 2.48. The molecular weight excluding hydrogens is 479 g/mol. The minimum atomic E-state index is -0.943. The molecule has 2 heterocycles. The summed E-state index contributed by atoms with van der Waals surface area (Å²) in [6.45, 7) is 4.47. The number of carbonyl (C=O) groups excluding carboxylic acids is 2. The van der Waals surface area contributed by atoms with Crippen LogP contribution in [0.5, 0.6) is 5.75 Å². The number of rotatable bonds is 6. The minimum absolute atomic E-state index is 0.0883. The van der Waals surface area contributed by atoms with Crippen LogP contribution in [0.25, 0.3) is 16.0 Å². The van der Waals surface area contributed by atoms with E-state index in [0.29, 0.717) is 28.6 Å². The molecule has 5 rings (SSSR count). The molecule has 1 aliphatic heterocycles. The number of aliphatic hydroxyl groups excluding tert-OH is 1. The first-order valence-corrected chi connectivity index (χ1v) is 12.4. The van der Waals surface area contributed by atoms with Crippen LogP contribution in [-0.2, 0) is 9.59 Å². The smallest absolute Gasteiger partial charge is 0.301 e. The normalized spacial score (nSPS) is 17.2. The summed E-state index contributed by atoms with van der Waals surface area (Å²) in [5.41, 5.74) is 2.49. The Hall–Kier alpha value is -4.04. The fourth-order valence-corrected chi connectivity index (χ4v) is 5.32. The first-order valence-electron chi connectivity index (χ1n) is 11.5. The number of benzene rings is 3. The van der Waals surface area contributed by atoms with E-state index in [-0.39, 0.29) is 16.9 Å². The number of halogens is 1. The van der Waals surface area contributed by atoms with E-state index in [4.69, 9.17) is 4.74 Å². The highest BCUT2D eigenvalue weighted by molar-refractivity contribution is 7.22. The highest BCUT2D eigenvalue weighted by atomic mass is 32.1. The van der Waals surface area contributed by atoms with Crippen molar-refractivity contribution in [1.29, 1.82) is 0 Å². The number of aromatic nitrogens is 1. The van der Waals surface area contributed by atoms with Gasteiger partial charge >= 0.3 is 5.91 Å². The topological polar surface area (TPSA) is 79.7 Å². The summed E-state index contributed by atoms with van der Waals surface area (Å²) in [6.07, 6.45) is 0.818. The second-order valence-corrected chi connectivity index (χ2v) is 9.57. The molecule has 0 bridgehead atoms. The lowest BCUT2D eigenvalue weighted by atomic mass is 9.95. The van der Waals surface area contributed by atoms with Gasteiger partial charge in [0.2, 0.25) is 0 Å². The average molecular weight is 503 g/mol. The van der Waals surface area contributed by atoms with Crippen molar-refractivity contribution < 1.29 is 23.8 Å². The summed E-state index contributed by atoms with van der Waals surface area (Å²) >= 11 is 1.30. The van der Waals surface area contributed by atoms with Crippen molar-refractivity contribution in [2.24, 2.45) is 0 Å². The maximum atomic E-state index is 13.5. The maximum Gasteiger partial charge on any atom is 0.301 e. The molecule has 6 nitrogen and oxygen atoms in total. The number of Topliss-reactive ketones (excluding diaryl/α,β-unsaturated/α-hetero) is 1. The number of aliphatic hydroxyl groups is 1. The van der Waals surface area contributed by atoms with Crippen LogP contribution in [0.2, 0.25) is 0 Å². The van der Waals surface area contributed by atoms with Crippen molar-refractivity contribution in [3.05, 3.63) is 94.8 Å². The van der Waals surface area contributed by atoms with Gasteiger partial charge in [-0.15, -0.1) is 0 Å². The number of amides is 1.